The molecule has 0 aromatic rings. The van der Waals surface area contributed by atoms with E-state index in [1.165, 1.54) is 173 Å². The van der Waals surface area contributed by atoms with Crippen molar-refractivity contribution in [1.29, 1.82) is 0 Å². The Kier molecular flexibility index (Phi) is 70.8. The van der Waals surface area contributed by atoms with Crippen LogP contribution in [0.15, 0.2) is 48.6 Å². The standard InChI is InChI=1S/C81H150O17P2/c1-6-9-12-15-18-21-23-25-31-36-40-45-50-55-60-65-79(84)92-71-77(98-81(86)67-62-57-52-47-42-38-34-30-28-27-29-33-35-39-44-48-53-58-63-74(4)5)73-96-100(89,90)94-69-75(82)68-93-99(87,88)95-72-76(70-91-78(83)64-59-54-49-43-20-17-14-11-8-3)97-80(85)66-61-56-51-46-41-37-32-26-24-22-19-16-13-10-7-2/h21-26,31-32,74-77,82H,6-20,27-30,33-73H2,1-5H3,(H,87,88)(H,89,90)/b23-21-,24-22-,31-25-,32-26-/t75-,76+,77+/m0/s1. The van der Waals surface area contributed by atoms with Gasteiger partial charge in [-0.25, -0.2) is 9.13 Å². The number of phosphoric acid groups is 2. The third kappa shape index (κ3) is 73.3. The highest BCUT2D eigenvalue weighted by molar-refractivity contribution is 7.47. The Morgan fingerprint density at radius 3 is 0.820 bits per heavy atom. The number of hydrogen-bond donors (Lipinski definition) is 3. The smallest absolute Gasteiger partial charge is 0.462 e. The minimum Gasteiger partial charge on any atom is -0.462 e. The first-order chi connectivity index (χ1) is 48.5. The largest absolute Gasteiger partial charge is 0.472 e. The van der Waals surface area contributed by atoms with Gasteiger partial charge in [-0.15, -0.1) is 0 Å². The molecule has 0 heterocycles. The van der Waals surface area contributed by atoms with E-state index in [0.29, 0.717) is 25.7 Å². The van der Waals surface area contributed by atoms with E-state index in [9.17, 15) is 43.2 Å². The van der Waals surface area contributed by atoms with Gasteiger partial charge in [-0.2, -0.15) is 0 Å². The van der Waals surface area contributed by atoms with Gasteiger partial charge >= 0.3 is 39.5 Å². The van der Waals surface area contributed by atoms with Crippen molar-refractivity contribution in [3.8, 4) is 0 Å². The highest BCUT2D eigenvalue weighted by atomic mass is 31.2. The molecule has 0 aromatic carbocycles. The predicted octanol–water partition coefficient (Wildman–Crippen LogP) is 23.5. The van der Waals surface area contributed by atoms with Crippen molar-refractivity contribution in [2.75, 3.05) is 39.6 Å². The van der Waals surface area contributed by atoms with Gasteiger partial charge in [0.1, 0.15) is 19.3 Å². The molecule has 0 aliphatic rings. The summed E-state index contributed by atoms with van der Waals surface area (Å²) in [6, 6.07) is 0. The summed E-state index contributed by atoms with van der Waals surface area (Å²) >= 11 is 0. The van der Waals surface area contributed by atoms with Crippen molar-refractivity contribution >= 4 is 39.5 Å². The van der Waals surface area contributed by atoms with Crippen LogP contribution in [0.5, 0.6) is 0 Å². The van der Waals surface area contributed by atoms with E-state index in [-0.39, 0.29) is 25.7 Å². The summed E-state index contributed by atoms with van der Waals surface area (Å²) in [7, 11) is -9.94. The van der Waals surface area contributed by atoms with Crippen LogP contribution in [0.2, 0.25) is 0 Å². The van der Waals surface area contributed by atoms with Gasteiger partial charge in [0.05, 0.1) is 26.4 Å². The first-order valence-corrected chi connectivity index (χ1v) is 43.8. The zero-order valence-electron chi connectivity index (χ0n) is 64.3. The van der Waals surface area contributed by atoms with Gasteiger partial charge < -0.3 is 33.8 Å². The SMILES string of the molecule is CCCCCC/C=C\C=C/CCCCCCCC(=O)OC[C@H](COP(=O)(O)OC[C@@H](O)COP(=O)(O)OC[C@@H](COC(=O)CCCCCCCCCCC)OC(=O)CCCCCCC/C=C\C=C/CCCCCC)OC(=O)CCCCCCCCCCCCCCCCCCCCC(C)C. The maximum absolute atomic E-state index is 13.1. The molecule has 19 heteroatoms. The van der Waals surface area contributed by atoms with Crippen LogP contribution in [0.3, 0.4) is 0 Å². The lowest BCUT2D eigenvalue weighted by Gasteiger charge is -2.21. The highest BCUT2D eigenvalue weighted by Crippen LogP contribution is 2.45. The average Bonchev–Trinajstić information content (AvgIpc) is 0.935. The summed E-state index contributed by atoms with van der Waals surface area (Å²) in [4.78, 5) is 72.9. The van der Waals surface area contributed by atoms with Crippen molar-refractivity contribution in [1.82, 2.24) is 0 Å². The van der Waals surface area contributed by atoms with E-state index in [4.69, 9.17) is 37.0 Å². The molecule has 0 bridgehead atoms. The van der Waals surface area contributed by atoms with Crippen LogP contribution in [-0.4, -0.2) is 96.7 Å². The number of phosphoric ester groups is 2. The average molecular weight is 1460 g/mol. The molecule has 0 rings (SSSR count). The summed E-state index contributed by atoms with van der Waals surface area (Å²) in [6.45, 7) is 7.21. The van der Waals surface area contributed by atoms with Gasteiger partial charge in [-0.1, -0.05) is 327 Å². The Bertz CT molecular complexity index is 2100. The predicted molar refractivity (Wildman–Crippen MR) is 409 cm³/mol. The summed E-state index contributed by atoms with van der Waals surface area (Å²) < 4.78 is 68.5. The number of rotatable bonds is 77. The maximum atomic E-state index is 13.1. The summed E-state index contributed by atoms with van der Waals surface area (Å²) in [6.07, 6.45) is 69.6. The normalized spacial score (nSPS) is 14.2. The number of carbonyl (C=O) groups excluding carboxylic acids is 4. The summed E-state index contributed by atoms with van der Waals surface area (Å²) in [5.41, 5.74) is 0. The van der Waals surface area contributed by atoms with Gasteiger partial charge in [-0.05, 0) is 83.0 Å². The first kappa shape index (κ1) is 97.0. The van der Waals surface area contributed by atoms with Gasteiger partial charge in [-0.3, -0.25) is 37.3 Å². The highest BCUT2D eigenvalue weighted by Gasteiger charge is 2.30. The number of carbonyl (C=O) groups is 4. The van der Waals surface area contributed by atoms with Crippen molar-refractivity contribution < 1.29 is 80.2 Å². The van der Waals surface area contributed by atoms with Crippen molar-refractivity contribution in [3.63, 3.8) is 0 Å². The Morgan fingerprint density at radius 1 is 0.310 bits per heavy atom. The lowest BCUT2D eigenvalue weighted by Crippen LogP contribution is -2.30. The molecule has 0 saturated heterocycles. The van der Waals surface area contributed by atoms with Crippen LogP contribution in [0, 0.1) is 5.92 Å². The van der Waals surface area contributed by atoms with Crippen molar-refractivity contribution in [2.45, 2.75) is 400 Å². The van der Waals surface area contributed by atoms with Crippen LogP contribution in [-0.2, 0) is 65.4 Å². The van der Waals surface area contributed by atoms with Gasteiger partial charge in [0, 0.05) is 25.7 Å². The Morgan fingerprint density at radius 2 is 0.540 bits per heavy atom. The lowest BCUT2D eigenvalue weighted by atomic mass is 10.0. The second-order valence-electron chi connectivity index (χ2n) is 28.3. The van der Waals surface area contributed by atoms with E-state index < -0.39 is 97.5 Å². The Labute approximate surface area is 610 Å². The molecular formula is C81H150O17P2. The molecule has 0 spiro atoms. The molecule has 0 aromatic heterocycles. The zero-order chi connectivity index (χ0) is 73.4. The number of esters is 4. The van der Waals surface area contributed by atoms with E-state index in [2.05, 4.69) is 83.2 Å². The van der Waals surface area contributed by atoms with Gasteiger partial charge in [0.15, 0.2) is 12.2 Å². The Balaban J connectivity index is 5.27. The molecule has 0 aliphatic heterocycles. The van der Waals surface area contributed by atoms with Crippen LogP contribution in [0.1, 0.15) is 381 Å². The fourth-order valence-corrected chi connectivity index (χ4v) is 13.1. The molecule has 0 aliphatic carbocycles. The van der Waals surface area contributed by atoms with Gasteiger partial charge in [0.25, 0.3) is 0 Å². The lowest BCUT2D eigenvalue weighted by molar-refractivity contribution is -0.161. The molecule has 2 unspecified atom stereocenters. The van der Waals surface area contributed by atoms with E-state index >= 15 is 0 Å². The number of ether oxygens (including phenoxy) is 4. The molecular weight excluding hydrogens is 1310 g/mol. The first-order valence-electron chi connectivity index (χ1n) is 40.8. The van der Waals surface area contributed by atoms with Crippen LogP contribution in [0.25, 0.3) is 0 Å². The zero-order valence-corrected chi connectivity index (χ0v) is 66.1. The minimum absolute atomic E-state index is 0.0829. The molecule has 100 heavy (non-hydrogen) atoms. The Hall–Kier alpha value is -2.98. The number of aliphatic hydroxyl groups excluding tert-OH is 1. The van der Waals surface area contributed by atoms with E-state index in [1.807, 2.05) is 0 Å². The summed E-state index contributed by atoms with van der Waals surface area (Å²) in [5, 5.41) is 10.6. The molecule has 0 fully saturated rings. The third-order valence-corrected chi connectivity index (χ3v) is 19.7. The molecule has 17 nitrogen and oxygen atoms in total. The third-order valence-electron chi connectivity index (χ3n) is 17.8. The number of hydrogen-bond acceptors (Lipinski definition) is 15. The van der Waals surface area contributed by atoms with E-state index in [1.54, 1.807) is 0 Å². The van der Waals surface area contributed by atoms with Crippen LogP contribution < -0.4 is 0 Å². The van der Waals surface area contributed by atoms with E-state index in [0.717, 1.165) is 128 Å². The van der Waals surface area contributed by atoms with Crippen molar-refractivity contribution in [2.24, 2.45) is 5.92 Å². The topological polar surface area (TPSA) is 237 Å². The summed E-state index contributed by atoms with van der Waals surface area (Å²) in [5.74, 6) is -1.35. The second-order valence-corrected chi connectivity index (χ2v) is 31.2. The van der Waals surface area contributed by atoms with Crippen molar-refractivity contribution in [3.05, 3.63) is 48.6 Å². The maximum Gasteiger partial charge on any atom is 0.472 e. The number of allylic oxidation sites excluding steroid dienone is 8. The molecule has 0 amide bonds. The minimum atomic E-state index is -4.97. The molecule has 3 N–H and O–H groups in total. The fourth-order valence-electron chi connectivity index (χ4n) is 11.5. The van der Waals surface area contributed by atoms with Crippen LogP contribution >= 0.6 is 15.6 Å². The van der Waals surface area contributed by atoms with Gasteiger partial charge in [0.2, 0.25) is 0 Å². The molecule has 5 atom stereocenters. The molecule has 0 radical (unpaired) electrons. The molecule has 586 valence electrons. The van der Waals surface area contributed by atoms with Crippen LogP contribution in [0.4, 0.5) is 0 Å². The number of unbranched alkanes of at least 4 members (excludes halogenated alkanes) is 43. The molecule has 0 saturated carbocycles. The fraction of sp³-hybridized carbons (Fsp3) is 0.852. The quantitative estimate of drug-likeness (QED) is 0.0169. The number of aliphatic hydroxyl groups is 1. The monoisotopic (exact) mass is 1460 g/mol. The second kappa shape index (κ2) is 72.9.